The van der Waals surface area contributed by atoms with Crippen molar-refractivity contribution in [3.05, 3.63) is 59.1 Å². The minimum atomic E-state index is -3.73. The van der Waals surface area contributed by atoms with Crippen LogP contribution in [0.3, 0.4) is 0 Å². The van der Waals surface area contributed by atoms with Crippen molar-refractivity contribution in [1.29, 1.82) is 0 Å². The van der Waals surface area contributed by atoms with Crippen LogP contribution in [0.1, 0.15) is 18.5 Å². The molecule has 2 aromatic carbocycles. The number of carbonyl (C=O) groups excluding carboxylic acids is 1. The normalized spacial score (nSPS) is 12.5. The van der Waals surface area contributed by atoms with Gasteiger partial charge in [0.15, 0.2) is 6.61 Å². The summed E-state index contributed by atoms with van der Waals surface area (Å²) in [6, 6.07) is 12.4. The van der Waals surface area contributed by atoms with E-state index in [0.29, 0.717) is 10.8 Å². The number of primary sulfonamides is 1. The van der Waals surface area contributed by atoms with Gasteiger partial charge in [-0.1, -0.05) is 23.7 Å². The molecule has 0 fully saturated rings. The third kappa shape index (κ3) is 5.23. The molecule has 1 atom stereocenters. The van der Waals surface area contributed by atoms with E-state index in [-0.39, 0.29) is 23.5 Å². The van der Waals surface area contributed by atoms with Crippen LogP contribution in [-0.2, 0) is 14.8 Å². The first-order chi connectivity index (χ1) is 11.3. The molecule has 0 aromatic heterocycles. The number of hydrogen-bond acceptors (Lipinski definition) is 4. The number of benzene rings is 2. The average molecular weight is 369 g/mol. The maximum atomic E-state index is 11.9. The van der Waals surface area contributed by atoms with Crippen molar-refractivity contribution in [2.75, 3.05) is 6.61 Å². The number of amides is 1. The van der Waals surface area contributed by atoms with E-state index in [1.807, 2.05) is 0 Å². The third-order valence-electron chi connectivity index (χ3n) is 3.27. The van der Waals surface area contributed by atoms with E-state index in [4.69, 9.17) is 21.5 Å². The average Bonchev–Trinajstić information content (AvgIpc) is 2.53. The van der Waals surface area contributed by atoms with Gasteiger partial charge in [0.25, 0.3) is 5.91 Å². The molecule has 0 radical (unpaired) electrons. The lowest BCUT2D eigenvalue weighted by Crippen LogP contribution is -2.31. The molecule has 0 saturated carbocycles. The van der Waals surface area contributed by atoms with E-state index in [2.05, 4.69) is 5.32 Å². The molecule has 0 heterocycles. The van der Waals surface area contributed by atoms with E-state index >= 15 is 0 Å². The Kier molecular flexibility index (Phi) is 5.82. The molecular formula is C16H17ClN2O4S. The van der Waals surface area contributed by atoms with Gasteiger partial charge in [-0.3, -0.25) is 4.79 Å². The molecular weight excluding hydrogens is 352 g/mol. The number of rotatable bonds is 6. The van der Waals surface area contributed by atoms with E-state index in [1.165, 1.54) is 12.1 Å². The van der Waals surface area contributed by atoms with Crippen LogP contribution < -0.4 is 15.2 Å². The summed E-state index contributed by atoms with van der Waals surface area (Å²) in [4.78, 5) is 11.9. The van der Waals surface area contributed by atoms with Gasteiger partial charge in [0.05, 0.1) is 10.9 Å². The lowest BCUT2D eigenvalue weighted by molar-refractivity contribution is -0.123. The molecule has 1 amide bonds. The van der Waals surface area contributed by atoms with E-state index < -0.39 is 10.0 Å². The summed E-state index contributed by atoms with van der Waals surface area (Å²) in [7, 11) is -3.73. The predicted molar refractivity (Wildman–Crippen MR) is 91.3 cm³/mol. The Morgan fingerprint density at radius 1 is 1.17 bits per heavy atom. The van der Waals surface area contributed by atoms with Crippen LogP contribution >= 0.6 is 11.6 Å². The van der Waals surface area contributed by atoms with Crippen LogP contribution in [0.15, 0.2) is 53.4 Å². The van der Waals surface area contributed by atoms with Crippen LogP contribution in [0.25, 0.3) is 0 Å². The fourth-order valence-electron chi connectivity index (χ4n) is 1.99. The highest BCUT2D eigenvalue weighted by Crippen LogP contribution is 2.17. The van der Waals surface area contributed by atoms with Gasteiger partial charge in [-0.2, -0.15) is 0 Å². The van der Waals surface area contributed by atoms with Crippen molar-refractivity contribution < 1.29 is 17.9 Å². The Labute approximate surface area is 145 Å². The third-order valence-corrected chi connectivity index (χ3v) is 4.45. The Hall–Kier alpha value is -2.09. The first-order valence-electron chi connectivity index (χ1n) is 7.06. The van der Waals surface area contributed by atoms with Gasteiger partial charge in [-0.25, -0.2) is 13.6 Å². The number of carbonyl (C=O) groups is 1. The summed E-state index contributed by atoms with van der Waals surface area (Å²) in [6.07, 6.45) is 0. The van der Waals surface area contributed by atoms with Crippen molar-refractivity contribution >= 4 is 27.5 Å². The van der Waals surface area contributed by atoms with Gasteiger partial charge in [0.2, 0.25) is 10.0 Å². The van der Waals surface area contributed by atoms with Crippen LogP contribution in [0.2, 0.25) is 5.02 Å². The number of nitrogens with one attached hydrogen (secondary N) is 1. The molecule has 0 aliphatic carbocycles. The van der Waals surface area contributed by atoms with Crippen molar-refractivity contribution in [2.45, 2.75) is 17.9 Å². The maximum Gasteiger partial charge on any atom is 0.258 e. The van der Waals surface area contributed by atoms with Gasteiger partial charge in [0.1, 0.15) is 5.75 Å². The quantitative estimate of drug-likeness (QED) is 0.816. The molecule has 1 unspecified atom stereocenters. The molecule has 0 bridgehead atoms. The monoisotopic (exact) mass is 368 g/mol. The zero-order valence-corrected chi connectivity index (χ0v) is 14.5. The molecule has 0 spiro atoms. The second kappa shape index (κ2) is 7.65. The maximum absolute atomic E-state index is 11.9. The number of ether oxygens (including phenoxy) is 1. The molecule has 2 aromatic rings. The van der Waals surface area contributed by atoms with Gasteiger partial charge in [0, 0.05) is 5.02 Å². The van der Waals surface area contributed by atoms with Crippen molar-refractivity contribution in [3.63, 3.8) is 0 Å². The number of sulfonamides is 1. The van der Waals surface area contributed by atoms with Crippen molar-refractivity contribution in [3.8, 4) is 5.75 Å². The van der Waals surface area contributed by atoms with Crippen LogP contribution in [-0.4, -0.2) is 20.9 Å². The largest absolute Gasteiger partial charge is 0.484 e. The lowest BCUT2D eigenvalue weighted by atomic mass is 10.1. The first-order valence-corrected chi connectivity index (χ1v) is 8.98. The lowest BCUT2D eigenvalue weighted by Gasteiger charge is -2.15. The highest BCUT2D eigenvalue weighted by Gasteiger charge is 2.12. The van der Waals surface area contributed by atoms with Crippen LogP contribution in [0.4, 0.5) is 0 Å². The molecule has 8 heteroatoms. The smallest absolute Gasteiger partial charge is 0.258 e. The highest BCUT2D eigenvalue weighted by molar-refractivity contribution is 7.89. The van der Waals surface area contributed by atoms with Gasteiger partial charge in [-0.05, 0) is 48.9 Å². The SMILES string of the molecule is CC(NC(=O)COc1ccc(Cl)cc1)c1ccc(S(N)(=O)=O)cc1. The zero-order chi connectivity index (χ0) is 17.7. The zero-order valence-electron chi connectivity index (χ0n) is 12.9. The predicted octanol–water partition coefficient (Wildman–Crippen LogP) is 2.24. The Morgan fingerprint density at radius 3 is 2.29 bits per heavy atom. The summed E-state index contributed by atoms with van der Waals surface area (Å²) in [6.45, 7) is 1.65. The minimum absolute atomic E-state index is 0.0239. The molecule has 0 aliphatic heterocycles. The second-order valence-electron chi connectivity index (χ2n) is 5.15. The van der Waals surface area contributed by atoms with Gasteiger partial charge in [-0.15, -0.1) is 0 Å². The minimum Gasteiger partial charge on any atom is -0.484 e. The summed E-state index contributed by atoms with van der Waals surface area (Å²) in [5, 5.41) is 8.40. The molecule has 2 rings (SSSR count). The summed E-state index contributed by atoms with van der Waals surface area (Å²) in [5.74, 6) is 0.243. The molecule has 128 valence electrons. The van der Waals surface area contributed by atoms with Crippen molar-refractivity contribution in [1.82, 2.24) is 5.32 Å². The molecule has 3 N–H and O–H groups in total. The summed E-state index contributed by atoms with van der Waals surface area (Å²) in [5.41, 5.74) is 0.752. The van der Waals surface area contributed by atoms with E-state index in [0.717, 1.165) is 5.56 Å². The molecule has 24 heavy (non-hydrogen) atoms. The van der Waals surface area contributed by atoms with E-state index in [1.54, 1.807) is 43.3 Å². The standard InChI is InChI=1S/C16H17ClN2O4S/c1-11(12-2-8-15(9-3-12)24(18,21)22)19-16(20)10-23-14-6-4-13(17)5-7-14/h2-9,11H,10H2,1H3,(H,19,20)(H2,18,21,22). The van der Waals surface area contributed by atoms with Gasteiger partial charge < -0.3 is 10.1 Å². The molecule has 0 saturated heterocycles. The van der Waals surface area contributed by atoms with Crippen LogP contribution in [0, 0.1) is 0 Å². The summed E-state index contributed by atoms with van der Waals surface area (Å²) < 4.78 is 27.8. The fraction of sp³-hybridized carbons (Fsp3) is 0.188. The van der Waals surface area contributed by atoms with Gasteiger partial charge >= 0.3 is 0 Å². The first kappa shape index (κ1) is 18.3. The Balaban J connectivity index is 1.90. The second-order valence-corrected chi connectivity index (χ2v) is 7.14. The van der Waals surface area contributed by atoms with Crippen molar-refractivity contribution in [2.24, 2.45) is 5.14 Å². The number of nitrogens with two attached hydrogens (primary N) is 1. The fourth-order valence-corrected chi connectivity index (χ4v) is 2.63. The molecule has 6 nitrogen and oxygen atoms in total. The Bertz CT molecular complexity index is 805. The highest BCUT2D eigenvalue weighted by atomic mass is 35.5. The molecule has 0 aliphatic rings. The summed E-state index contributed by atoms with van der Waals surface area (Å²) >= 11 is 5.77. The Morgan fingerprint density at radius 2 is 1.75 bits per heavy atom. The number of hydrogen-bond donors (Lipinski definition) is 2. The van der Waals surface area contributed by atoms with E-state index in [9.17, 15) is 13.2 Å². The topological polar surface area (TPSA) is 98.5 Å². The number of halogens is 1. The van der Waals surface area contributed by atoms with Crippen LogP contribution in [0.5, 0.6) is 5.75 Å².